The molecule has 8 nitrogen and oxygen atoms in total. The van der Waals surface area contributed by atoms with Gasteiger partial charge in [0.1, 0.15) is 0 Å². The fraction of sp³-hybridized carbons (Fsp3) is 0.885. The standard InChI is InChI=1S/C26H47NO7/c1-4-31-24(29)26(27-22(3)28,25(30)32-5-2)19-15-12-10-8-6-7-9-11-13-16-20-33-23-18-14-17-21-34-23/h23H,4-21H2,1-3H3,(H,27,28). The van der Waals surface area contributed by atoms with Gasteiger partial charge in [0, 0.05) is 20.1 Å². The van der Waals surface area contributed by atoms with E-state index < -0.39 is 23.4 Å². The smallest absolute Gasteiger partial charge is 0.343 e. The quantitative estimate of drug-likeness (QED) is 0.159. The van der Waals surface area contributed by atoms with Crippen molar-refractivity contribution in [1.29, 1.82) is 0 Å². The van der Waals surface area contributed by atoms with Crippen LogP contribution in [0.2, 0.25) is 0 Å². The first kappa shape index (κ1) is 30.4. The summed E-state index contributed by atoms with van der Waals surface area (Å²) in [5, 5.41) is 2.52. The van der Waals surface area contributed by atoms with E-state index in [-0.39, 0.29) is 25.9 Å². The van der Waals surface area contributed by atoms with Crippen LogP contribution in [0.3, 0.4) is 0 Å². The number of hydrogen-bond donors (Lipinski definition) is 1. The second-order valence-corrected chi connectivity index (χ2v) is 8.98. The van der Waals surface area contributed by atoms with Gasteiger partial charge in [-0.2, -0.15) is 0 Å². The van der Waals surface area contributed by atoms with Crippen LogP contribution in [0.15, 0.2) is 0 Å². The lowest BCUT2D eigenvalue weighted by Crippen LogP contribution is -2.61. The van der Waals surface area contributed by atoms with Crippen LogP contribution in [0.25, 0.3) is 0 Å². The third-order valence-corrected chi connectivity index (χ3v) is 6.02. The highest BCUT2D eigenvalue weighted by molar-refractivity contribution is 6.07. The highest BCUT2D eigenvalue weighted by atomic mass is 16.7. The molecular formula is C26H47NO7. The van der Waals surface area contributed by atoms with Crippen LogP contribution in [0.5, 0.6) is 0 Å². The molecule has 0 aromatic carbocycles. The Hall–Kier alpha value is -1.67. The molecule has 0 saturated carbocycles. The lowest BCUT2D eigenvalue weighted by molar-refractivity contribution is -0.168. The highest BCUT2D eigenvalue weighted by Crippen LogP contribution is 2.21. The van der Waals surface area contributed by atoms with Crippen molar-refractivity contribution in [2.24, 2.45) is 0 Å². The molecule has 1 atom stereocenters. The summed E-state index contributed by atoms with van der Waals surface area (Å²) in [6.45, 7) is 6.50. The number of amides is 1. The van der Waals surface area contributed by atoms with Gasteiger partial charge in [0.05, 0.1) is 13.2 Å². The zero-order valence-electron chi connectivity index (χ0n) is 21.7. The molecule has 1 aliphatic heterocycles. The monoisotopic (exact) mass is 485 g/mol. The summed E-state index contributed by atoms with van der Waals surface area (Å²) in [5.74, 6) is -1.96. The molecule has 1 rings (SSSR count). The molecule has 1 aliphatic rings. The molecule has 0 aliphatic carbocycles. The van der Waals surface area contributed by atoms with Gasteiger partial charge in [-0.25, -0.2) is 9.59 Å². The SMILES string of the molecule is CCOC(=O)C(CCCCCCCCCCCCOC1CCCCO1)(NC(C)=O)C(=O)OCC. The van der Waals surface area contributed by atoms with E-state index in [1.807, 2.05) is 0 Å². The zero-order chi connectivity index (χ0) is 25.1. The van der Waals surface area contributed by atoms with Crippen LogP contribution in [0.1, 0.15) is 111 Å². The van der Waals surface area contributed by atoms with Crippen molar-refractivity contribution in [1.82, 2.24) is 5.32 Å². The Morgan fingerprint density at radius 1 is 0.824 bits per heavy atom. The lowest BCUT2D eigenvalue weighted by atomic mass is 9.91. The topological polar surface area (TPSA) is 100 Å². The lowest BCUT2D eigenvalue weighted by Gasteiger charge is -2.29. The second kappa shape index (κ2) is 18.6. The van der Waals surface area contributed by atoms with E-state index >= 15 is 0 Å². The van der Waals surface area contributed by atoms with Crippen molar-refractivity contribution < 1.29 is 33.3 Å². The third kappa shape index (κ3) is 12.2. The maximum absolute atomic E-state index is 12.6. The number of carbonyl (C=O) groups excluding carboxylic acids is 3. The number of rotatable bonds is 19. The average Bonchev–Trinajstić information content (AvgIpc) is 2.82. The Labute approximate surface area is 205 Å². The molecule has 1 fully saturated rings. The first-order chi connectivity index (χ1) is 16.5. The molecule has 1 N–H and O–H groups in total. The molecule has 8 heteroatoms. The largest absolute Gasteiger partial charge is 0.464 e. The van der Waals surface area contributed by atoms with E-state index in [1.165, 1.54) is 45.4 Å². The molecule has 1 unspecified atom stereocenters. The molecule has 1 amide bonds. The molecule has 0 aromatic rings. The van der Waals surface area contributed by atoms with Gasteiger partial charge in [-0.3, -0.25) is 4.79 Å². The van der Waals surface area contributed by atoms with Gasteiger partial charge in [-0.15, -0.1) is 0 Å². The minimum atomic E-state index is -1.76. The van der Waals surface area contributed by atoms with Gasteiger partial charge in [0.15, 0.2) is 6.29 Å². The van der Waals surface area contributed by atoms with Crippen molar-refractivity contribution >= 4 is 17.8 Å². The van der Waals surface area contributed by atoms with Crippen molar-refractivity contribution in [2.75, 3.05) is 26.4 Å². The Balaban J connectivity index is 2.17. The molecule has 1 saturated heterocycles. The summed E-state index contributed by atoms with van der Waals surface area (Å²) in [7, 11) is 0. The fourth-order valence-electron chi connectivity index (χ4n) is 4.22. The Morgan fingerprint density at radius 3 is 1.82 bits per heavy atom. The van der Waals surface area contributed by atoms with E-state index in [1.54, 1.807) is 13.8 Å². The summed E-state index contributed by atoms with van der Waals surface area (Å²) in [4.78, 5) is 36.9. The molecule has 34 heavy (non-hydrogen) atoms. The van der Waals surface area contributed by atoms with Crippen LogP contribution in [0.4, 0.5) is 0 Å². The summed E-state index contributed by atoms with van der Waals surface area (Å²) in [6, 6.07) is 0. The van der Waals surface area contributed by atoms with Gasteiger partial charge in [0.2, 0.25) is 11.4 Å². The average molecular weight is 486 g/mol. The van der Waals surface area contributed by atoms with E-state index in [0.29, 0.717) is 6.42 Å². The van der Waals surface area contributed by atoms with Crippen LogP contribution in [0, 0.1) is 0 Å². The number of nitrogens with one attached hydrogen (secondary N) is 1. The van der Waals surface area contributed by atoms with E-state index in [4.69, 9.17) is 18.9 Å². The van der Waals surface area contributed by atoms with Crippen LogP contribution in [-0.4, -0.2) is 56.1 Å². The summed E-state index contributed by atoms with van der Waals surface area (Å²) >= 11 is 0. The first-order valence-corrected chi connectivity index (χ1v) is 13.3. The van der Waals surface area contributed by atoms with Crippen molar-refractivity contribution in [3.63, 3.8) is 0 Å². The van der Waals surface area contributed by atoms with Crippen LogP contribution < -0.4 is 5.32 Å². The van der Waals surface area contributed by atoms with Gasteiger partial charge in [-0.05, 0) is 52.4 Å². The van der Waals surface area contributed by atoms with Gasteiger partial charge < -0.3 is 24.3 Å². The molecule has 0 bridgehead atoms. The predicted octanol–water partition coefficient (Wildman–Crippen LogP) is 4.82. The Morgan fingerprint density at radius 2 is 1.35 bits per heavy atom. The Bertz CT molecular complexity index is 557. The zero-order valence-corrected chi connectivity index (χ0v) is 21.7. The number of carbonyl (C=O) groups is 3. The van der Waals surface area contributed by atoms with Crippen molar-refractivity contribution in [3.8, 4) is 0 Å². The van der Waals surface area contributed by atoms with Crippen molar-refractivity contribution in [3.05, 3.63) is 0 Å². The van der Waals surface area contributed by atoms with Crippen LogP contribution in [-0.2, 0) is 33.3 Å². The summed E-state index contributed by atoms with van der Waals surface area (Å²) in [5.41, 5.74) is -1.76. The first-order valence-electron chi connectivity index (χ1n) is 13.3. The van der Waals surface area contributed by atoms with Crippen LogP contribution >= 0.6 is 0 Å². The molecule has 1 heterocycles. The van der Waals surface area contributed by atoms with Gasteiger partial charge in [-0.1, -0.05) is 51.4 Å². The maximum atomic E-state index is 12.6. The van der Waals surface area contributed by atoms with Crippen molar-refractivity contribution in [2.45, 2.75) is 122 Å². The minimum Gasteiger partial charge on any atom is -0.464 e. The number of unbranched alkanes of at least 4 members (excludes halogenated alkanes) is 9. The number of hydrogen-bond acceptors (Lipinski definition) is 7. The minimum absolute atomic E-state index is 0.0201. The maximum Gasteiger partial charge on any atom is 0.343 e. The number of esters is 2. The summed E-state index contributed by atoms with van der Waals surface area (Å²) in [6.07, 6.45) is 14.4. The Kier molecular flexibility index (Phi) is 16.6. The normalized spacial score (nSPS) is 16.1. The molecule has 0 spiro atoms. The van der Waals surface area contributed by atoms with E-state index in [2.05, 4.69) is 5.32 Å². The van der Waals surface area contributed by atoms with E-state index in [0.717, 1.165) is 51.7 Å². The van der Waals surface area contributed by atoms with Gasteiger partial charge >= 0.3 is 11.9 Å². The molecule has 0 radical (unpaired) electrons. The molecule has 0 aromatic heterocycles. The molecular weight excluding hydrogens is 438 g/mol. The third-order valence-electron chi connectivity index (χ3n) is 6.02. The van der Waals surface area contributed by atoms with Gasteiger partial charge in [0.25, 0.3) is 0 Å². The predicted molar refractivity (Wildman–Crippen MR) is 130 cm³/mol. The number of ether oxygens (including phenoxy) is 4. The van der Waals surface area contributed by atoms with E-state index in [9.17, 15) is 14.4 Å². The summed E-state index contributed by atoms with van der Waals surface area (Å²) < 4.78 is 21.5. The highest BCUT2D eigenvalue weighted by Gasteiger charge is 2.49. The molecule has 198 valence electrons. The second-order valence-electron chi connectivity index (χ2n) is 8.98. The fourth-order valence-corrected chi connectivity index (χ4v) is 4.22.